The predicted octanol–water partition coefficient (Wildman–Crippen LogP) is 4.73. The highest BCUT2D eigenvalue weighted by molar-refractivity contribution is 6.42. The van der Waals surface area contributed by atoms with E-state index in [0.29, 0.717) is 28.3 Å². The summed E-state index contributed by atoms with van der Waals surface area (Å²) in [5.41, 5.74) is 1.61. The smallest absolute Gasteiger partial charge is 0.242 e. The number of amides is 2. The number of carbonyl (C=O) groups is 2. The molecule has 0 saturated heterocycles. The van der Waals surface area contributed by atoms with Crippen LogP contribution in [0.3, 0.4) is 0 Å². The summed E-state index contributed by atoms with van der Waals surface area (Å²) in [5, 5.41) is 3.74. The Hall–Kier alpha value is -2.24. The molecule has 2 aromatic rings. The highest BCUT2D eigenvalue weighted by Crippen LogP contribution is 2.23. The van der Waals surface area contributed by atoms with Gasteiger partial charge in [0.2, 0.25) is 11.8 Å². The van der Waals surface area contributed by atoms with Gasteiger partial charge in [-0.05, 0) is 48.2 Å². The van der Waals surface area contributed by atoms with Gasteiger partial charge in [0.15, 0.2) is 0 Å². The van der Waals surface area contributed by atoms with E-state index in [-0.39, 0.29) is 24.8 Å². The van der Waals surface area contributed by atoms with Gasteiger partial charge in [0, 0.05) is 13.1 Å². The van der Waals surface area contributed by atoms with Gasteiger partial charge in [0.05, 0.1) is 23.6 Å². The first-order chi connectivity index (χ1) is 14.2. The molecule has 1 atom stereocenters. The van der Waals surface area contributed by atoms with Crippen LogP contribution in [0.5, 0.6) is 5.75 Å². The number of methoxy groups -OCH3 is 1. The first kappa shape index (κ1) is 24.0. The molecule has 162 valence electrons. The van der Waals surface area contributed by atoms with Crippen molar-refractivity contribution in [1.29, 1.82) is 0 Å². The zero-order chi connectivity index (χ0) is 22.3. The number of halogens is 2. The van der Waals surface area contributed by atoms with Crippen molar-refractivity contribution in [3.8, 4) is 5.75 Å². The SMILES string of the molecule is COc1cccc(CN(C(=O)Cc2ccc(Cl)c(Cl)c2)C(C)C(=O)NCC(C)C)c1. The van der Waals surface area contributed by atoms with Crippen LogP contribution in [0.25, 0.3) is 0 Å². The third kappa shape index (κ3) is 6.92. The topological polar surface area (TPSA) is 58.6 Å². The van der Waals surface area contributed by atoms with Crippen molar-refractivity contribution < 1.29 is 14.3 Å². The number of carbonyl (C=O) groups excluding carboxylic acids is 2. The molecule has 0 aromatic heterocycles. The van der Waals surface area contributed by atoms with Gasteiger partial charge in [0.25, 0.3) is 0 Å². The second-order valence-corrected chi connectivity index (χ2v) is 8.43. The molecule has 7 heteroatoms. The van der Waals surface area contributed by atoms with E-state index in [2.05, 4.69) is 5.32 Å². The Morgan fingerprint density at radius 2 is 1.77 bits per heavy atom. The molecule has 0 radical (unpaired) electrons. The van der Waals surface area contributed by atoms with Crippen molar-refractivity contribution in [1.82, 2.24) is 10.2 Å². The van der Waals surface area contributed by atoms with Crippen molar-refractivity contribution in [3.63, 3.8) is 0 Å². The molecule has 2 aromatic carbocycles. The van der Waals surface area contributed by atoms with Crippen molar-refractivity contribution in [2.24, 2.45) is 5.92 Å². The van der Waals surface area contributed by atoms with Crippen molar-refractivity contribution in [3.05, 3.63) is 63.6 Å². The molecular formula is C23H28Cl2N2O3. The fourth-order valence-electron chi connectivity index (χ4n) is 2.93. The third-order valence-electron chi connectivity index (χ3n) is 4.68. The normalized spacial score (nSPS) is 11.8. The fraction of sp³-hybridized carbons (Fsp3) is 0.391. The Morgan fingerprint density at radius 3 is 2.40 bits per heavy atom. The Morgan fingerprint density at radius 1 is 1.03 bits per heavy atom. The Bertz CT molecular complexity index is 887. The number of hydrogen-bond acceptors (Lipinski definition) is 3. The lowest BCUT2D eigenvalue weighted by Gasteiger charge is -2.29. The van der Waals surface area contributed by atoms with E-state index < -0.39 is 6.04 Å². The van der Waals surface area contributed by atoms with Crippen LogP contribution in [0.15, 0.2) is 42.5 Å². The van der Waals surface area contributed by atoms with Gasteiger partial charge in [-0.25, -0.2) is 0 Å². The second-order valence-electron chi connectivity index (χ2n) is 7.61. The van der Waals surface area contributed by atoms with Gasteiger partial charge in [0.1, 0.15) is 11.8 Å². The van der Waals surface area contributed by atoms with Gasteiger partial charge in [-0.1, -0.05) is 55.2 Å². The molecule has 0 bridgehead atoms. The number of hydrogen-bond donors (Lipinski definition) is 1. The summed E-state index contributed by atoms with van der Waals surface area (Å²) >= 11 is 12.1. The molecule has 30 heavy (non-hydrogen) atoms. The molecule has 2 amide bonds. The number of benzene rings is 2. The van der Waals surface area contributed by atoms with Crippen molar-refractivity contribution >= 4 is 35.0 Å². The van der Waals surface area contributed by atoms with E-state index in [9.17, 15) is 9.59 Å². The fourth-order valence-corrected chi connectivity index (χ4v) is 3.25. The summed E-state index contributed by atoms with van der Waals surface area (Å²) in [6.45, 7) is 6.62. The van der Waals surface area contributed by atoms with Gasteiger partial charge in [-0.15, -0.1) is 0 Å². The van der Waals surface area contributed by atoms with Gasteiger partial charge < -0.3 is 15.0 Å². The summed E-state index contributed by atoms with van der Waals surface area (Å²) in [4.78, 5) is 27.5. The molecule has 1 N–H and O–H groups in total. The molecule has 0 aliphatic heterocycles. The predicted molar refractivity (Wildman–Crippen MR) is 121 cm³/mol. The van der Waals surface area contributed by atoms with E-state index in [1.165, 1.54) is 0 Å². The van der Waals surface area contributed by atoms with E-state index in [4.69, 9.17) is 27.9 Å². The molecule has 0 aliphatic carbocycles. The maximum Gasteiger partial charge on any atom is 0.242 e. The van der Waals surface area contributed by atoms with Crippen LogP contribution < -0.4 is 10.1 Å². The molecule has 0 aliphatic rings. The largest absolute Gasteiger partial charge is 0.497 e. The van der Waals surface area contributed by atoms with E-state index in [1.54, 1.807) is 37.1 Å². The zero-order valence-electron chi connectivity index (χ0n) is 17.7. The summed E-state index contributed by atoms with van der Waals surface area (Å²) < 4.78 is 5.28. The van der Waals surface area contributed by atoms with Crippen LogP contribution in [0.2, 0.25) is 10.0 Å². The zero-order valence-corrected chi connectivity index (χ0v) is 19.3. The summed E-state index contributed by atoms with van der Waals surface area (Å²) in [7, 11) is 1.59. The molecule has 0 spiro atoms. The lowest BCUT2D eigenvalue weighted by atomic mass is 10.1. The molecule has 1 unspecified atom stereocenters. The van der Waals surface area contributed by atoms with Crippen LogP contribution in [0.1, 0.15) is 31.9 Å². The molecule has 0 heterocycles. The Balaban J connectivity index is 2.24. The maximum atomic E-state index is 13.2. The van der Waals surface area contributed by atoms with Crippen LogP contribution in [-0.4, -0.2) is 36.4 Å². The summed E-state index contributed by atoms with van der Waals surface area (Å²) in [6, 6.07) is 11.9. The number of ether oxygens (including phenoxy) is 1. The standard InChI is InChI=1S/C23H28Cl2N2O3/c1-15(2)13-26-23(29)16(3)27(14-18-6-5-7-19(10-18)30-4)22(28)12-17-8-9-20(24)21(25)11-17/h5-11,15-16H,12-14H2,1-4H3,(H,26,29). The summed E-state index contributed by atoms with van der Waals surface area (Å²) in [5.74, 6) is 0.652. The van der Waals surface area contributed by atoms with Gasteiger partial charge in [-0.2, -0.15) is 0 Å². The Labute approximate surface area is 188 Å². The second kappa shape index (κ2) is 11.2. The van der Waals surface area contributed by atoms with Crippen molar-refractivity contribution in [2.45, 2.75) is 39.8 Å². The molecule has 5 nitrogen and oxygen atoms in total. The first-order valence-electron chi connectivity index (χ1n) is 9.85. The number of rotatable bonds is 9. The number of nitrogens with zero attached hydrogens (tertiary/aromatic N) is 1. The Kier molecular flexibility index (Phi) is 9.00. The monoisotopic (exact) mass is 450 g/mol. The lowest BCUT2D eigenvalue weighted by molar-refractivity contribution is -0.140. The highest BCUT2D eigenvalue weighted by atomic mass is 35.5. The van der Waals surface area contributed by atoms with Crippen LogP contribution in [0, 0.1) is 5.92 Å². The lowest BCUT2D eigenvalue weighted by Crippen LogP contribution is -2.48. The molecule has 0 saturated carbocycles. The molecular weight excluding hydrogens is 423 g/mol. The third-order valence-corrected chi connectivity index (χ3v) is 5.42. The van der Waals surface area contributed by atoms with Crippen LogP contribution >= 0.6 is 23.2 Å². The maximum absolute atomic E-state index is 13.2. The van der Waals surface area contributed by atoms with E-state index in [1.807, 2.05) is 38.1 Å². The minimum atomic E-state index is -0.634. The van der Waals surface area contributed by atoms with Gasteiger partial charge in [-0.3, -0.25) is 9.59 Å². The number of nitrogens with one attached hydrogen (secondary N) is 1. The minimum Gasteiger partial charge on any atom is -0.497 e. The average molecular weight is 451 g/mol. The summed E-state index contributed by atoms with van der Waals surface area (Å²) in [6.07, 6.45) is 0.114. The van der Waals surface area contributed by atoms with E-state index in [0.717, 1.165) is 11.1 Å². The molecule has 0 fully saturated rings. The molecule has 2 rings (SSSR count). The quantitative estimate of drug-likeness (QED) is 0.600. The van der Waals surface area contributed by atoms with Crippen molar-refractivity contribution in [2.75, 3.05) is 13.7 Å². The minimum absolute atomic E-state index is 0.114. The van der Waals surface area contributed by atoms with Crippen LogP contribution in [0.4, 0.5) is 0 Å². The highest BCUT2D eigenvalue weighted by Gasteiger charge is 2.26. The van der Waals surface area contributed by atoms with Gasteiger partial charge >= 0.3 is 0 Å². The van der Waals surface area contributed by atoms with E-state index >= 15 is 0 Å². The van der Waals surface area contributed by atoms with Crippen LogP contribution in [-0.2, 0) is 22.6 Å². The average Bonchev–Trinajstić information content (AvgIpc) is 2.72. The first-order valence-corrected chi connectivity index (χ1v) is 10.6.